The van der Waals surface area contributed by atoms with Crippen molar-refractivity contribution < 1.29 is 4.79 Å². The van der Waals surface area contributed by atoms with Crippen LogP contribution in [-0.2, 0) is 6.42 Å². The number of ketones is 1. The molecule has 0 N–H and O–H groups in total. The lowest BCUT2D eigenvalue weighted by molar-refractivity contribution is 0.0983. The lowest BCUT2D eigenvalue weighted by atomic mass is 9.99. The van der Waals surface area contributed by atoms with Crippen LogP contribution >= 0.6 is 0 Å². The van der Waals surface area contributed by atoms with Crippen molar-refractivity contribution in [1.82, 2.24) is 0 Å². The number of carbonyl (C=O) groups excluding carboxylic acids is 1. The summed E-state index contributed by atoms with van der Waals surface area (Å²) in [6, 6.07) is 27.4. The van der Waals surface area contributed by atoms with Gasteiger partial charge >= 0.3 is 0 Å². The Hall–Kier alpha value is -3.18. The molecule has 0 aliphatic heterocycles. The van der Waals surface area contributed by atoms with Crippen molar-refractivity contribution in [3.63, 3.8) is 0 Å². The van der Waals surface area contributed by atoms with E-state index < -0.39 is 0 Å². The summed E-state index contributed by atoms with van der Waals surface area (Å²) < 4.78 is 0. The smallest absolute Gasteiger partial charge is 0.163 e. The molecule has 0 fully saturated rings. The van der Waals surface area contributed by atoms with E-state index in [1.165, 1.54) is 0 Å². The van der Waals surface area contributed by atoms with Crippen LogP contribution in [-0.4, -0.2) is 5.78 Å². The maximum absolute atomic E-state index is 12.4. The van der Waals surface area contributed by atoms with Crippen LogP contribution in [0.2, 0.25) is 0 Å². The topological polar surface area (TPSA) is 40.9 Å². The molecule has 0 spiro atoms. The zero-order valence-electron chi connectivity index (χ0n) is 13.3. The summed E-state index contributed by atoms with van der Waals surface area (Å²) in [4.78, 5) is 12.4. The summed E-state index contributed by atoms with van der Waals surface area (Å²) in [5, 5.41) is 8.92. The van der Waals surface area contributed by atoms with Crippen LogP contribution in [0.3, 0.4) is 0 Å². The summed E-state index contributed by atoms with van der Waals surface area (Å²) in [6.45, 7) is 0. The Bertz CT molecular complexity index is 874. The fraction of sp³-hybridized carbons (Fsp3) is 0.0909. The predicted molar refractivity (Wildman–Crippen MR) is 95.7 cm³/mol. The first-order valence-electron chi connectivity index (χ1n) is 7.94. The predicted octanol–water partition coefficient (Wildman–Crippen LogP) is 5.04. The van der Waals surface area contributed by atoms with Crippen molar-refractivity contribution in [3.8, 4) is 17.2 Å². The number of benzene rings is 3. The van der Waals surface area contributed by atoms with Gasteiger partial charge in [0.25, 0.3) is 0 Å². The Kier molecular flexibility index (Phi) is 4.84. The monoisotopic (exact) mass is 311 g/mol. The number of aryl methyl sites for hydroxylation is 1. The number of nitriles is 1. The molecule has 0 aromatic heterocycles. The summed E-state index contributed by atoms with van der Waals surface area (Å²) in [5.74, 6) is 0.122. The molecule has 0 bridgehead atoms. The van der Waals surface area contributed by atoms with Crippen LogP contribution in [0.4, 0.5) is 0 Å². The fourth-order valence-electron chi connectivity index (χ4n) is 2.68. The standard InChI is InChI=1S/C22H17NO/c23-16-18-6-4-5-17(15-18)9-14-22(24)21-12-10-20(11-13-21)19-7-2-1-3-8-19/h1-8,10-13,15H,9,14H2. The van der Waals surface area contributed by atoms with Crippen molar-refractivity contribution in [2.45, 2.75) is 12.8 Å². The van der Waals surface area contributed by atoms with Gasteiger partial charge in [-0.25, -0.2) is 0 Å². The molecule has 3 rings (SSSR count). The van der Waals surface area contributed by atoms with Crippen LogP contribution < -0.4 is 0 Å². The van der Waals surface area contributed by atoms with E-state index in [1.54, 1.807) is 6.07 Å². The molecular weight excluding hydrogens is 294 g/mol. The van der Waals surface area contributed by atoms with Gasteiger partial charge in [0.05, 0.1) is 11.6 Å². The Labute approximate surface area is 142 Å². The third-order valence-electron chi connectivity index (χ3n) is 4.01. The highest BCUT2D eigenvalue weighted by molar-refractivity contribution is 5.96. The summed E-state index contributed by atoms with van der Waals surface area (Å²) >= 11 is 0. The van der Waals surface area contributed by atoms with Gasteiger partial charge in [-0.1, -0.05) is 66.7 Å². The van der Waals surface area contributed by atoms with E-state index in [1.807, 2.05) is 60.7 Å². The Morgan fingerprint density at radius 1 is 0.833 bits per heavy atom. The number of rotatable bonds is 5. The second kappa shape index (κ2) is 7.39. The molecule has 0 atom stereocenters. The molecule has 2 nitrogen and oxygen atoms in total. The van der Waals surface area contributed by atoms with E-state index in [0.717, 1.165) is 22.3 Å². The highest BCUT2D eigenvalue weighted by Gasteiger charge is 2.07. The minimum atomic E-state index is 0.122. The zero-order chi connectivity index (χ0) is 16.8. The molecule has 2 heteroatoms. The van der Waals surface area contributed by atoms with Crippen molar-refractivity contribution in [2.75, 3.05) is 0 Å². The molecule has 24 heavy (non-hydrogen) atoms. The van der Waals surface area contributed by atoms with E-state index >= 15 is 0 Å². The quantitative estimate of drug-likeness (QED) is 0.619. The molecule has 0 aliphatic carbocycles. The van der Waals surface area contributed by atoms with Crippen LogP contribution in [0, 0.1) is 11.3 Å². The van der Waals surface area contributed by atoms with Gasteiger partial charge in [0.15, 0.2) is 5.78 Å². The second-order valence-electron chi connectivity index (χ2n) is 5.68. The largest absolute Gasteiger partial charge is 0.294 e. The number of nitrogens with zero attached hydrogens (tertiary/aromatic N) is 1. The average Bonchev–Trinajstić information content (AvgIpc) is 2.67. The molecule has 3 aromatic carbocycles. The number of Topliss-reactive ketones (excluding diaryl/α,β-unsaturated/α-hetero) is 1. The van der Waals surface area contributed by atoms with Crippen molar-refractivity contribution in [2.24, 2.45) is 0 Å². The fourth-order valence-corrected chi connectivity index (χ4v) is 2.68. The number of carbonyl (C=O) groups is 1. The average molecular weight is 311 g/mol. The first-order valence-corrected chi connectivity index (χ1v) is 7.94. The van der Waals surface area contributed by atoms with E-state index in [-0.39, 0.29) is 5.78 Å². The molecule has 0 radical (unpaired) electrons. The van der Waals surface area contributed by atoms with Crippen molar-refractivity contribution >= 4 is 5.78 Å². The SMILES string of the molecule is N#Cc1cccc(CCC(=O)c2ccc(-c3ccccc3)cc2)c1. The minimum Gasteiger partial charge on any atom is -0.294 e. The maximum Gasteiger partial charge on any atom is 0.163 e. The first kappa shape index (κ1) is 15.7. The van der Waals surface area contributed by atoms with E-state index in [4.69, 9.17) is 5.26 Å². The summed E-state index contributed by atoms with van der Waals surface area (Å²) in [5.41, 5.74) is 4.63. The van der Waals surface area contributed by atoms with Crippen LogP contribution in [0.1, 0.15) is 27.9 Å². The highest BCUT2D eigenvalue weighted by Crippen LogP contribution is 2.20. The minimum absolute atomic E-state index is 0.122. The normalized spacial score (nSPS) is 10.1. The van der Waals surface area contributed by atoms with E-state index in [2.05, 4.69) is 18.2 Å². The lowest BCUT2D eigenvalue weighted by Gasteiger charge is -2.05. The number of hydrogen-bond acceptors (Lipinski definition) is 2. The molecule has 3 aromatic rings. The molecule has 0 saturated heterocycles. The first-order chi connectivity index (χ1) is 11.8. The Morgan fingerprint density at radius 2 is 1.54 bits per heavy atom. The van der Waals surface area contributed by atoms with Crippen LogP contribution in [0.15, 0.2) is 78.9 Å². The number of hydrogen-bond donors (Lipinski definition) is 0. The van der Waals surface area contributed by atoms with Gasteiger partial charge in [-0.05, 0) is 35.2 Å². The second-order valence-corrected chi connectivity index (χ2v) is 5.68. The zero-order valence-corrected chi connectivity index (χ0v) is 13.3. The molecule has 0 amide bonds. The molecule has 116 valence electrons. The van der Waals surface area contributed by atoms with Gasteiger partial charge in [-0.15, -0.1) is 0 Å². The van der Waals surface area contributed by atoms with Gasteiger partial charge in [0.2, 0.25) is 0 Å². The van der Waals surface area contributed by atoms with Crippen LogP contribution in [0.25, 0.3) is 11.1 Å². The van der Waals surface area contributed by atoms with Crippen molar-refractivity contribution in [3.05, 3.63) is 95.6 Å². The van der Waals surface area contributed by atoms with Crippen molar-refractivity contribution in [1.29, 1.82) is 5.26 Å². The maximum atomic E-state index is 12.4. The third-order valence-corrected chi connectivity index (χ3v) is 4.01. The lowest BCUT2D eigenvalue weighted by Crippen LogP contribution is -2.01. The molecule has 0 heterocycles. The van der Waals surface area contributed by atoms with Crippen LogP contribution in [0.5, 0.6) is 0 Å². The third kappa shape index (κ3) is 3.77. The van der Waals surface area contributed by atoms with Gasteiger partial charge < -0.3 is 0 Å². The summed E-state index contributed by atoms with van der Waals surface area (Å²) in [6.07, 6.45) is 1.09. The van der Waals surface area contributed by atoms with Gasteiger partial charge in [0.1, 0.15) is 0 Å². The Morgan fingerprint density at radius 3 is 2.25 bits per heavy atom. The highest BCUT2D eigenvalue weighted by atomic mass is 16.1. The van der Waals surface area contributed by atoms with Gasteiger partial charge in [0, 0.05) is 12.0 Å². The Balaban J connectivity index is 1.66. The summed E-state index contributed by atoms with van der Waals surface area (Å²) in [7, 11) is 0. The molecule has 0 aliphatic rings. The van der Waals surface area contributed by atoms with E-state index in [0.29, 0.717) is 18.4 Å². The van der Waals surface area contributed by atoms with Gasteiger partial charge in [-0.3, -0.25) is 4.79 Å². The molecular formula is C22H17NO. The molecule has 0 unspecified atom stereocenters. The van der Waals surface area contributed by atoms with E-state index in [9.17, 15) is 4.79 Å². The molecule has 0 saturated carbocycles. The van der Waals surface area contributed by atoms with Gasteiger partial charge in [-0.2, -0.15) is 5.26 Å².